The Balaban J connectivity index is 2.70. The Morgan fingerprint density at radius 2 is 1.94 bits per heavy atom. The standard InChI is InChI=1S/C13H24ClN3/c1-9(2)7-10(3)16(5)8-12-11(4)15-17(6)13(12)14/h9-10H,7-8H2,1-6H3. The molecule has 1 atom stereocenters. The summed E-state index contributed by atoms with van der Waals surface area (Å²) in [4.78, 5) is 2.34. The van der Waals surface area contributed by atoms with Crippen LogP contribution in [0.25, 0.3) is 0 Å². The molecule has 0 saturated carbocycles. The van der Waals surface area contributed by atoms with Gasteiger partial charge < -0.3 is 0 Å². The highest BCUT2D eigenvalue weighted by Gasteiger charge is 2.17. The summed E-state index contributed by atoms with van der Waals surface area (Å²) in [5, 5.41) is 5.10. The van der Waals surface area contributed by atoms with Crippen molar-refractivity contribution in [2.75, 3.05) is 7.05 Å². The number of halogens is 1. The molecule has 98 valence electrons. The Hall–Kier alpha value is -0.540. The van der Waals surface area contributed by atoms with Gasteiger partial charge in [-0.05, 0) is 33.2 Å². The van der Waals surface area contributed by atoms with E-state index in [1.165, 1.54) is 6.42 Å². The van der Waals surface area contributed by atoms with Gasteiger partial charge in [0.05, 0.1) is 5.69 Å². The summed E-state index contributed by atoms with van der Waals surface area (Å²) in [6, 6.07) is 0.561. The lowest BCUT2D eigenvalue weighted by molar-refractivity contribution is 0.220. The van der Waals surface area contributed by atoms with Gasteiger partial charge in [0, 0.05) is 25.2 Å². The molecule has 0 radical (unpaired) electrons. The van der Waals surface area contributed by atoms with Gasteiger partial charge in [-0.1, -0.05) is 25.4 Å². The molecule has 0 bridgehead atoms. The summed E-state index contributed by atoms with van der Waals surface area (Å²) in [7, 11) is 4.03. The van der Waals surface area contributed by atoms with Crippen molar-refractivity contribution >= 4 is 11.6 Å². The molecule has 0 aliphatic carbocycles. The Kier molecular flexibility index (Phi) is 5.02. The maximum Gasteiger partial charge on any atom is 0.131 e. The summed E-state index contributed by atoms with van der Waals surface area (Å²) >= 11 is 6.24. The lowest BCUT2D eigenvalue weighted by atomic mass is 10.0. The van der Waals surface area contributed by atoms with Crippen molar-refractivity contribution in [1.29, 1.82) is 0 Å². The number of nitrogens with zero attached hydrogens (tertiary/aromatic N) is 3. The van der Waals surface area contributed by atoms with Crippen LogP contribution in [0.3, 0.4) is 0 Å². The van der Waals surface area contributed by atoms with Crippen molar-refractivity contribution < 1.29 is 0 Å². The van der Waals surface area contributed by atoms with Crippen LogP contribution < -0.4 is 0 Å². The van der Waals surface area contributed by atoms with Crippen LogP contribution in [0.2, 0.25) is 5.15 Å². The van der Waals surface area contributed by atoms with Gasteiger partial charge >= 0.3 is 0 Å². The van der Waals surface area contributed by atoms with Gasteiger partial charge in [0.15, 0.2) is 0 Å². The summed E-state index contributed by atoms with van der Waals surface area (Å²) < 4.78 is 1.74. The maximum atomic E-state index is 6.24. The van der Waals surface area contributed by atoms with Gasteiger partial charge in [0.25, 0.3) is 0 Å². The van der Waals surface area contributed by atoms with Crippen molar-refractivity contribution in [3.8, 4) is 0 Å². The normalized spacial score (nSPS) is 13.7. The molecule has 0 aliphatic heterocycles. The van der Waals surface area contributed by atoms with E-state index in [1.54, 1.807) is 4.68 Å². The van der Waals surface area contributed by atoms with Crippen LogP contribution in [0.4, 0.5) is 0 Å². The topological polar surface area (TPSA) is 21.1 Å². The molecule has 0 fully saturated rings. The first-order chi connectivity index (χ1) is 7.82. The highest BCUT2D eigenvalue weighted by Crippen LogP contribution is 2.21. The molecular formula is C13H24ClN3. The van der Waals surface area contributed by atoms with Gasteiger partial charge in [0.2, 0.25) is 0 Å². The fraction of sp³-hybridized carbons (Fsp3) is 0.769. The first kappa shape index (κ1) is 14.5. The Labute approximate surface area is 110 Å². The third-order valence-corrected chi connectivity index (χ3v) is 3.72. The molecule has 0 aromatic carbocycles. The molecule has 0 N–H and O–H groups in total. The molecule has 17 heavy (non-hydrogen) atoms. The number of aryl methyl sites for hydroxylation is 2. The number of aromatic nitrogens is 2. The molecule has 0 spiro atoms. The van der Waals surface area contributed by atoms with Crippen LogP contribution in [0, 0.1) is 12.8 Å². The van der Waals surface area contributed by atoms with Crippen LogP contribution in [0.1, 0.15) is 38.4 Å². The Morgan fingerprint density at radius 1 is 1.35 bits per heavy atom. The van der Waals surface area contributed by atoms with E-state index in [0.29, 0.717) is 6.04 Å². The fourth-order valence-electron chi connectivity index (χ4n) is 2.12. The third-order valence-electron chi connectivity index (χ3n) is 3.24. The molecule has 0 aliphatic rings. The first-order valence-corrected chi connectivity index (χ1v) is 6.59. The van der Waals surface area contributed by atoms with E-state index in [9.17, 15) is 0 Å². The van der Waals surface area contributed by atoms with Crippen LogP contribution in [0.5, 0.6) is 0 Å². The Morgan fingerprint density at radius 3 is 2.35 bits per heavy atom. The maximum absolute atomic E-state index is 6.24. The zero-order valence-corrected chi connectivity index (χ0v) is 12.5. The van der Waals surface area contributed by atoms with Crippen LogP contribution in [-0.4, -0.2) is 27.8 Å². The van der Waals surface area contributed by atoms with Gasteiger partial charge in [-0.3, -0.25) is 9.58 Å². The van der Waals surface area contributed by atoms with Crippen molar-refractivity contribution in [3.63, 3.8) is 0 Å². The van der Waals surface area contributed by atoms with E-state index < -0.39 is 0 Å². The van der Waals surface area contributed by atoms with Crippen molar-refractivity contribution in [2.24, 2.45) is 13.0 Å². The van der Waals surface area contributed by atoms with Crippen molar-refractivity contribution in [3.05, 3.63) is 16.4 Å². The van der Waals surface area contributed by atoms with Gasteiger partial charge in [-0.2, -0.15) is 5.10 Å². The van der Waals surface area contributed by atoms with E-state index in [2.05, 4.69) is 37.8 Å². The Bertz CT molecular complexity index is 371. The summed E-state index contributed by atoms with van der Waals surface area (Å²) in [5.41, 5.74) is 2.17. The summed E-state index contributed by atoms with van der Waals surface area (Å²) in [5.74, 6) is 0.720. The molecule has 1 rings (SSSR count). The predicted octanol–water partition coefficient (Wildman–Crippen LogP) is 3.25. The molecule has 1 unspecified atom stereocenters. The second-order valence-corrected chi connectivity index (χ2v) is 5.73. The zero-order valence-electron chi connectivity index (χ0n) is 11.8. The van der Waals surface area contributed by atoms with E-state index in [4.69, 9.17) is 11.6 Å². The highest BCUT2D eigenvalue weighted by atomic mass is 35.5. The third kappa shape index (κ3) is 3.71. The lowest BCUT2D eigenvalue weighted by Crippen LogP contribution is -2.30. The van der Waals surface area contributed by atoms with Crippen molar-refractivity contribution in [2.45, 2.75) is 46.7 Å². The second kappa shape index (κ2) is 5.87. The highest BCUT2D eigenvalue weighted by molar-refractivity contribution is 6.30. The summed E-state index contributed by atoms with van der Waals surface area (Å²) in [6.45, 7) is 9.66. The minimum Gasteiger partial charge on any atom is -0.299 e. The van der Waals surface area contributed by atoms with Crippen molar-refractivity contribution in [1.82, 2.24) is 14.7 Å². The SMILES string of the molecule is Cc1nn(C)c(Cl)c1CN(C)C(C)CC(C)C. The van der Waals surface area contributed by atoms with Gasteiger partial charge in [-0.25, -0.2) is 0 Å². The summed E-state index contributed by atoms with van der Waals surface area (Å²) in [6.07, 6.45) is 1.20. The van der Waals surface area contributed by atoms with E-state index in [1.807, 2.05) is 14.0 Å². The second-order valence-electron chi connectivity index (χ2n) is 5.37. The van der Waals surface area contributed by atoms with Crippen LogP contribution in [0.15, 0.2) is 0 Å². The quantitative estimate of drug-likeness (QED) is 0.808. The van der Waals surface area contributed by atoms with Gasteiger partial charge in [-0.15, -0.1) is 0 Å². The van der Waals surface area contributed by atoms with Crippen LogP contribution in [-0.2, 0) is 13.6 Å². The minimum absolute atomic E-state index is 0.561. The van der Waals surface area contributed by atoms with Crippen LogP contribution >= 0.6 is 11.6 Å². The molecule has 1 aromatic heterocycles. The van der Waals surface area contributed by atoms with Gasteiger partial charge in [0.1, 0.15) is 5.15 Å². The number of hydrogen-bond donors (Lipinski definition) is 0. The molecule has 3 nitrogen and oxygen atoms in total. The molecule has 0 saturated heterocycles. The molecule has 1 heterocycles. The number of rotatable bonds is 5. The lowest BCUT2D eigenvalue weighted by Gasteiger charge is -2.26. The van der Waals surface area contributed by atoms with E-state index >= 15 is 0 Å². The number of hydrogen-bond acceptors (Lipinski definition) is 2. The largest absolute Gasteiger partial charge is 0.299 e. The molecule has 0 amide bonds. The molecule has 1 aromatic rings. The minimum atomic E-state index is 0.561. The zero-order chi connectivity index (χ0) is 13.2. The molecular weight excluding hydrogens is 234 g/mol. The van der Waals surface area contributed by atoms with E-state index in [-0.39, 0.29) is 0 Å². The first-order valence-electron chi connectivity index (χ1n) is 6.21. The average molecular weight is 258 g/mol. The molecule has 4 heteroatoms. The van der Waals surface area contributed by atoms with E-state index in [0.717, 1.165) is 28.9 Å². The predicted molar refractivity (Wildman–Crippen MR) is 73.3 cm³/mol. The smallest absolute Gasteiger partial charge is 0.131 e. The monoisotopic (exact) mass is 257 g/mol. The fourth-order valence-corrected chi connectivity index (χ4v) is 2.36. The average Bonchev–Trinajstić information content (AvgIpc) is 2.44.